The first-order chi connectivity index (χ1) is 31.7. The quantitative estimate of drug-likeness (QED) is 0.153. The summed E-state index contributed by atoms with van der Waals surface area (Å²) >= 11 is 0. The zero-order valence-corrected chi connectivity index (χ0v) is 34.9. The fraction of sp³-hybridized carbons (Fsp3) is 0. The van der Waals surface area contributed by atoms with Gasteiger partial charge >= 0.3 is 0 Å². The summed E-state index contributed by atoms with van der Waals surface area (Å²) in [6, 6.07) is 86.4. The lowest BCUT2D eigenvalue weighted by Crippen LogP contribution is -2.09. The van der Waals surface area contributed by atoms with Crippen LogP contribution in [-0.4, -0.2) is 14.5 Å². The molecule has 64 heavy (non-hydrogen) atoms. The molecule has 2 heterocycles. The van der Waals surface area contributed by atoms with Gasteiger partial charge in [0.25, 0.3) is 0 Å². The molecule has 12 rings (SSSR count). The monoisotopic (exact) mass is 816 g/mol. The Kier molecular flexibility index (Phi) is 9.12. The minimum absolute atomic E-state index is 0.863. The van der Waals surface area contributed by atoms with Crippen LogP contribution >= 0.6 is 0 Å². The fourth-order valence-corrected chi connectivity index (χ4v) is 9.20. The molecule has 10 aromatic carbocycles. The second kappa shape index (κ2) is 15.7. The second-order valence-electron chi connectivity index (χ2n) is 16.2. The highest BCUT2D eigenvalue weighted by atomic mass is 15.1. The molecule has 300 valence electrons. The van der Waals surface area contributed by atoms with Crippen LogP contribution in [0.1, 0.15) is 0 Å². The van der Waals surface area contributed by atoms with Gasteiger partial charge in [0.2, 0.25) is 0 Å². The number of aromatic nitrogens is 3. The molecule has 4 nitrogen and oxygen atoms in total. The van der Waals surface area contributed by atoms with E-state index < -0.39 is 0 Å². The number of nitrogens with zero attached hydrogens (tertiary/aromatic N) is 4. The summed E-state index contributed by atoms with van der Waals surface area (Å²) in [5, 5.41) is 4.97. The minimum atomic E-state index is 0.863. The van der Waals surface area contributed by atoms with Gasteiger partial charge in [0.15, 0.2) is 0 Å². The Hall–Kier alpha value is -8.60. The third-order valence-electron chi connectivity index (χ3n) is 12.4. The third-order valence-corrected chi connectivity index (χ3v) is 12.4. The highest BCUT2D eigenvalue weighted by Gasteiger charge is 2.18. The Morgan fingerprint density at radius 1 is 0.297 bits per heavy atom. The number of hydrogen-bond donors (Lipinski definition) is 0. The lowest BCUT2D eigenvalue weighted by atomic mass is 10.0. The third kappa shape index (κ3) is 6.66. The fourth-order valence-electron chi connectivity index (χ4n) is 9.20. The largest absolute Gasteiger partial charge is 0.311 e. The van der Waals surface area contributed by atoms with Gasteiger partial charge in [0.05, 0.1) is 33.5 Å². The number of para-hydroxylation sites is 4. The number of rotatable bonds is 8. The molecule has 12 aromatic rings. The predicted octanol–water partition coefficient (Wildman–Crippen LogP) is 16.0. The standard InChI is InChI=1S/C60H40N4/c1-3-14-44(15-4-1)59-60(62-56-21-11-10-20-55(56)61-59)45-29-36-51(37-30-45)63(49-17-5-2-6-18-49)50-32-25-43(26-33-50)48-31-38-58-54(40-48)53-19-9-12-22-57(53)64(58)52-34-27-42(28-35-52)47-24-23-41-13-7-8-16-46(41)39-47/h1-40H. The Bertz CT molecular complexity index is 3630. The topological polar surface area (TPSA) is 34.0 Å². The Morgan fingerprint density at radius 3 is 1.45 bits per heavy atom. The number of fused-ring (bicyclic) bond motifs is 5. The van der Waals surface area contributed by atoms with Gasteiger partial charge in [0.1, 0.15) is 0 Å². The van der Waals surface area contributed by atoms with E-state index in [1.165, 1.54) is 49.3 Å². The van der Waals surface area contributed by atoms with Gasteiger partial charge in [-0.2, -0.15) is 0 Å². The SMILES string of the molecule is c1ccc(-c2nc3ccccc3nc2-c2ccc(N(c3ccccc3)c3ccc(-c4ccc5c(c4)c4ccccc4n5-c4ccc(-c5ccc6ccccc6c5)cc4)cc3)cc2)cc1. The maximum atomic E-state index is 5.15. The number of hydrogen-bond acceptors (Lipinski definition) is 3. The van der Waals surface area contributed by atoms with Crippen molar-refractivity contribution >= 4 is 60.7 Å². The molecule has 0 saturated heterocycles. The maximum Gasteiger partial charge on any atom is 0.0973 e. The van der Waals surface area contributed by atoms with Crippen molar-refractivity contribution in [1.29, 1.82) is 0 Å². The summed E-state index contributed by atoms with van der Waals surface area (Å²) in [4.78, 5) is 12.6. The summed E-state index contributed by atoms with van der Waals surface area (Å²) in [7, 11) is 0. The molecule has 0 atom stereocenters. The molecule has 0 amide bonds. The molecular formula is C60H40N4. The Labute approximate surface area is 371 Å². The molecule has 4 heteroatoms. The van der Waals surface area contributed by atoms with Gasteiger partial charge in [-0.1, -0.05) is 158 Å². The van der Waals surface area contributed by atoms with Crippen molar-refractivity contribution in [2.24, 2.45) is 0 Å². The highest BCUT2D eigenvalue weighted by Crippen LogP contribution is 2.40. The van der Waals surface area contributed by atoms with E-state index in [0.29, 0.717) is 0 Å². The van der Waals surface area contributed by atoms with Gasteiger partial charge in [-0.15, -0.1) is 0 Å². The molecule has 0 unspecified atom stereocenters. The van der Waals surface area contributed by atoms with E-state index in [9.17, 15) is 0 Å². The van der Waals surface area contributed by atoms with Crippen LogP contribution in [-0.2, 0) is 0 Å². The average Bonchev–Trinajstić information content (AvgIpc) is 3.70. The van der Waals surface area contributed by atoms with Crippen LogP contribution in [0.3, 0.4) is 0 Å². The molecule has 0 fully saturated rings. The lowest BCUT2D eigenvalue weighted by Gasteiger charge is -2.26. The molecule has 0 spiro atoms. The molecular weight excluding hydrogens is 777 g/mol. The van der Waals surface area contributed by atoms with Crippen LogP contribution < -0.4 is 4.90 Å². The van der Waals surface area contributed by atoms with Crippen molar-refractivity contribution in [3.05, 3.63) is 243 Å². The normalized spacial score (nSPS) is 11.4. The lowest BCUT2D eigenvalue weighted by molar-refractivity contribution is 1.18. The molecule has 0 radical (unpaired) electrons. The van der Waals surface area contributed by atoms with Gasteiger partial charge in [0, 0.05) is 44.6 Å². The van der Waals surface area contributed by atoms with Crippen LogP contribution in [0.15, 0.2) is 243 Å². The zero-order valence-electron chi connectivity index (χ0n) is 34.9. The first-order valence-corrected chi connectivity index (χ1v) is 21.7. The smallest absolute Gasteiger partial charge is 0.0973 e. The van der Waals surface area contributed by atoms with Crippen LogP contribution in [0.5, 0.6) is 0 Å². The van der Waals surface area contributed by atoms with E-state index in [4.69, 9.17) is 9.97 Å². The van der Waals surface area contributed by atoms with Crippen molar-refractivity contribution in [2.45, 2.75) is 0 Å². The van der Waals surface area contributed by atoms with Gasteiger partial charge < -0.3 is 9.47 Å². The summed E-state index contributed by atoms with van der Waals surface area (Å²) in [5.74, 6) is 0. The first kappa shape index (κ1) is 37.2. The zero-order chi connectivity index (χ0) is 42.4. The molecule has 0 aliphatic rings. The predicted molar refractivity (Wildman–Crippen MR) is 268 cm³/mol. The van der Waals surface area contributed by atoms with E-state index in [1.54, 1.807) is 0 Å². The van der Waals surface area contributed by atoms with Crippen LogP contribution in [0.2, 0.25) is 0 Å². The maximum absolute atomic E-state index is 5.15. The van der Waals surface area contributed by atoms with E-state index in [1.807, 2.05) is 42.5 Å². The number of anilines is 3. The molecule has 0 saturated carbocycles. The van der Waals surface area contributed by atoms with Crippen LogP contribution in [0.4, 0.5) is 17.1 Å². The van der Waals surface area contributed by atoms with Crippen molar-refractivity contribution in [3.63, 3.8) is 0 Å². The van der Waals surface area contributed by atoms with Gasteiger partial charge in [-0.25, -0.2) is 9.97 Å². The summed E-state index contributed by atoms with van der Waals surface area (Å²) in [5.41, 5.74) is 17.0. The molecule has 0 aliphatic carbocycles. The van der Waals surface area contributed by atoms with Crippen molar-refractivity contribution in [1.82, 2.24) is 14.5 Å². The summed E-state index contributed by atoms with van der Waals surface area (Å²) in [6.45, 7) is 0. The van der Waals surface area contributed by atoms with Crippen LogP contribution in [0, 0.1) is 0 Å². The van der Waals surface area contributed by atoms with Gasteiger partial charge in [-0.05, 0) is 118 Å². The molecule has 0 bridgehead atoms. The van der Waals surface area contributed by atoms with Crippen molar-refractivity contribution in [2.75, 3.05) is 4.90 Å². The molecule has 2 aromatic heterocycles. The van der Waals surface area contributed by atoms with Gasteiger partial charge in [-0.3, -0.25) is 0 Å². The molecule has 0 N–H and O–H groups in total. The summed E-state index contributed by atoms with van der Waals surface area (Å²) in [6.07, 6.45) is 0. The van der Waals surface area contributed by atoms with Crippen LogP contribution in [0.25, 0.3) is 94.1 Å². The first-order valence-electron chi connectivity index (χ1n) is 21.7. The van der Waals surface area contributed by atoms with E-state index >= 15 is 0 Å². The van der Waals surface area contributed by atoms with E-state index in [-0.39, 0.29) is 0 Å². The Morgan fingerprint density at radius 2 is 0.766 bits per heavy atom. The highest BCUT2D eigenvalue weighted by molar-refractivity contribution is 6.10. The summed E-state index contributed by atoms with van der Waals surface area (Å²) < 4.78 is 2.39. The van der Waals surface area contributed by atoms with E-state index in [0.717, 1.165) is 61.9 Å². The Balaban J connectivity index is 0.877. The second-order valence-corrected chi connectivity index (χ2v) is 16.2. The molecule has 0 aliphatic heterocycles. The number of benzene rings is 10. The van der Waals surface area contributed by atoms with Crippen molar-refractivity contribution in [3.8, 4) is 50.5 Å². The van der Waals surface area contributed by atoms with Crippen molar-refractivity contribution < 1.29 is 0 Å². The van der Waals surface area contributed by atoms with E-state index in [2.05, 4.69) is 210 Å². The average molecular weight is 817 g/mol. The minimum Gasteiger partial charge on any atom is -0.311 e.